The van der Waals surface area contributed by atoms with Gasteiger partial charge in [-0.3, -0.25) is 4.90 Å². The third-order valence-electron chi connectivity index (χ3n) is 5.73. The van der Waals surface area contributed by atoms with E-state index in [1.165, 1.54) is 37.0 Å². The van der Waals surface area contributed by atoms with Gasteiger partial charge in [0.15, 0.2) is 0 Å². The van der Waals surface area contributed by atoms with Gasteiger partial charge in [-0.1, -0.05) is 19.3 Å². The van der Waals surface area contributed by atoms with Crippen molar-refractivity contribution in [3.05, 3.63) is 24.3 Å². The Morgan fingerprint density at radius 2 is 1.83 bits per heavy atom. The highest BCUT2D eigenvalue weighted by molar-refractivity contribution is 5.80. The van der Waals surface area contributed by atoms with Gasteiger partial charge < -0.3 is 21.1 Å². The topological polar surface area (TPSA) is 110 Å². The number of hydrogen-bond acceptors (Lipinski definition) is 7. The number of nitrogen functional groups attached to an aromatic ring is 1. The zero-order valence-corrected chi connectivity index (χ0v) is 17.3. The zero-order valence-electron chi connectivity index (χ0n) is 17.3. The average molecular weight is 414 g/mol. The SMILES string of the molecule is Nc1nc(Nc2ccc(OCCN3CCCCC3)cc2)n(C(=O)NC2CCCC2)n1. The van der Waals surface area contributed by atoms with Crippen LogP contribution in [0.4, 0.5) is 22.4 Å². The molecule has 0 spiro atoms. The second-order valence-electron chi connectivity index (χ2n) is 8.04. The minimum Gasteiger partial charge on any atom is -0.492 e. The summed E-state index contributed by atoms with van der Waals surface area (Å²) in [5.74, 6) is 1.16. The lowest BCUT2D eigenvalue weighted by Gasteiger charge is -2.26. The first-order chi connectivity index (χ1) is 14.7. The number of nitrogens with two attached hydrogens (primary N) is 1. The quantitative estimate of drug-likeness (QED) is 0.640. The number of nitrogens with one attached hydrogen (secondary N) is 2. The fourth-order valence-electron chi connectivity index (χ4n) is 4.10. The summed E-state index contributed by atoms with van der Waals surface area (Å²) in [5, 5.41) is 10.1. The molecule has 2 aromatic rings. The van der Waals surface area contributed by atoms with Crippen molar-refractivity contribution in [2.45, 2.75) is 51.0 Å². The van der Waals surface area contributed by atoms with Crippen molar-refractivity contribution in [3.8, 4) is 5.75 Å². The van der Waals surface area contributed by atoms with E-state index in [4.69, 9.17) is 10.5 Å². The van der Waals surface area contributed by atoms with Gasteiger partial charge in [-0.2, -0.15) is 4.98 Å². The van der Waals surface area contributed by atoms with E-state index in [1.54, 1.807) is 0 Å². The predicted octanol–water partition coefficient (Wildman–Crippen LogP) is 2.97. The van der Waals surface area contributed by atoms with Crippen LogP contribution in [0.25, 0.3) is 0 Å². The van der Waals surface area contributed by atoms with Gasteiger partial charge in [0.25, 0.3) is 0 Å². The number of hydrogen-bond donors (Lipinski definition) is 3. The Morgan fingerprint density at radius 1 is 1.10 bits per heavy atom. The minimum atomic E-state index is -0.314. The third kappa shape index (κ3) is 5.41. The number of amides is 1. The van der Waals surface area contributed by atoms with Crippen LogP contribution in [0.15, 0.2) is 24.3 Å². The summed E-state index contributed by atoms with van der Waals surface area (Å²) in [5.41, 5.74) is 6.51. The maximum atomic E-state index is 12.6. The number of rotatable bonds is 7. The van der Waals surface area contributed by atoms with Crippen LogP contribution >= 0.6 is 0 Å². The molecule has 1 saturated heterocycles. The molecular weight excluding hydrogens is 382 g/mol. The van der Waals surface area contributed by atoms with Gasteiger partial charge in [0.05, 0.1) is 0 Å². The number of benzene rings is 1. The molecule has 1 amide bonds. The van der Waals surface area contributed by atoms with Gasteiger partial charge in [-0.05, 0) is 63.0 Å². The Hall–Kier alpha value is -2.81. The number of likely N-dealkylation sites (tertiary alicyclic amines) is 1. The van der Waals surface area contributed by atoms with Crippen LogP contribution in [-0.4, -0.2) is 58.0 Å². The first-order valence-corrected chi connectivity index (χ1v) is 10.9. The number of anilines is 3. The van der Waals surface area contributed by atoms with E-state index < -0.39 is 0 Å². The molecule has 9 nitrogen and oxygen atoms in total. The Labute approximate surface area is 177 Å². The number of ether oxygens (including phenoxy) is 1. The van der Waals surface area contributed by atoms with Gasteiger partial charge in [0, 0.05) is 18.3 Å². The molecule has 2 fully saturated rings. The van der Waals surface area contributed by atoms with Gasteiger partial charge >= 0.3 is 6.03 Å². The third-order valence-corrected chi connectivity index (χ3v) is 5.73. The molecule has 1 aromatic heterocycles. The lowest BCUT2D eigenvalue weighted by Crippen LogP contribution is -2.37. The van der Waals surface area contributed by atoms with Gasteiger partial charge in [0.2, 0.25) is 11.9 Å². The van der Waals surface area contributed by atoms with Crippen LogP contribution < -0.4 is 21.1 Å². The highest BCUT2D eigenvalue weighted by Crippen LogP contribution is 2.21. The molecule has 0 atom stereocenters. The van der Waals surface area contributed by atoms with Crippen LogP contribution in [0, 0.1) is 0 Å². The van der Waals surface area contributed by atoms with Crippen molar-refractivity contribution in [2.24, 2.45) is 0 Å². The second kappa shape index (κ2) is 9.80. The molecule has 0 unspecified atom stereocenters. The van der Waals surface area contributed by atoms with Crippen molar-refractivity contribution in [1.29, 1.82) is 0 Å². The maximum Gasteiger partial charge on any atom is 0.345 e. The van der Waals surface area contributed by atoms with Gasteiger partial charge in [0.1, 0.15) is 12.4 Å². The first-order valence-electron chi connectivity index (χ1n) is 10.9. The van der Waals surface area contributed by atoms with E-state index in [2.05, 4.69) is 25.6 Å². The van der Waals surface area contributed by atoms with Crippen molar-refractivity contribution < 1.29 is 9.53 Å². The first kappa shape index (κ1) is 20.5. The van der Waals surface area contributed by atoms with E-state index in [9.17, 15) is 4.79 Å². The Balaban J connectivity index is 1.31. The van der Waals surface area contributed by atoms with Crippen molar-refractivity contribution in [1.82, 2.24) is 25.0 Å². The van der Waals surface area contributed by atoms with E-state index >= 15 is 0 Å². The fraction of sp³-hybridized carbons (Fsp3) is 0.571. The van der Waals surface area contributed by atoms with Crippen LogP contribution in [0.1, 0.15) is 44.9 Å². The summed E-state index contributed by atoms with van der Waals surface area (Å²) >= 11 is 0. The molecule has 9 heteroatoms. The Bertz CT molecular complexity index is 824. The molecule has 162 valence electrons. The lowest BCUT2D eigenvalue weighted by atomic mass is 10.1. The molecule has 30 heavy (non-hydrogen) atoms. The molecule has 1 saturated carbocycles. The van der Waals surface area contributed by atoms with E-state index in [0.717, 1.165) is 43.7 Å². The lowest BCUT2D eigenvalue weighted by molar-refractivity contribution is 0.183. The average Bonchev–Trinajstić information content (AvgIpc) is 3.39. The largest absolute Gasteiger partial charge is 0.492 e. The van der Waals surface area contributed by atoms with Crippen molar-refractivity contribution in [2.75, 3.05) is 37.3 Å². The number of carbonyl (C=O) groups is 1. The molecule has 4 rings (SSSR count). The molecule has 1 aliphatic heterocycles. The summed E-state index contributed by atoms with van der Waals surface area (Å²) in [7, 11) is 0. The zero-order chi connectivity index (χ0) is 20.8. The molecule has 0 bridgehead atoms. The molecule has 2 aliphatic rings. The Morgan fingerprint density at radius 3 is 2.57 bits per heavy atom. The highest BCUT2D eigenvalue weighted by Gasteiger charge is 2.21. The van der Waals surface area contributed by atoms with Crippen LogP contribution in [-0.2, 0) is 0 Å². The fourth-order valence-corrected chi connectivity index (χ4v) is 4.10. The monoisotopic (exact) mass is 413 g/mol. The van der Waals surface area contributed by atoms with Crippen molar-refractivity contribution in [3.63, 3.8) is 0 Å². The highest BCUT2D eigenvalue weighted by atomic mass is 16.5. The molecule has 1 aliphatic carbocycles. The van der Waals surface area contributed by atoms with E-state index in [0.29, 0.717) is 12.6 Å². The standard InChI is InChI=1S/C21H31N7O2/c22-19-25-20(28(26-19)21(29)24-16-6-2-3-7-16)23-17-8-10-18(11-9-17)30-15-14-27-12-4-1-5-13-27/h8-11,16H,1-7,12-15H2,(H,24,29)(H3,22,23,25,26). The summed E-state index contributed by atoms with van der Waals surface area (Å²) < 4.78 is 7.06. The minimum absolute atomic E-state index is 0.0525. The molecular formula is C21H31N7O2. The van der Waals surface area contributed by atoms with E-state index in [1.807, 2.05) is 24.3 Å². The van der Waals surface area contributed by atoms with Gasteiger partial charge in [-0.25, -0.2) is 4.79 Å². The smallest absolute Gasteiger partial charge is 0.345 e. The number of carbonyl (C=O) groups excluding carboxylic acids is 1. The second-order valence-corrected chi connectivity index (χ2v) is 8.04. The number of piperidine rings is 1. The van der Waals surface area contributed by atoms with Gasteiger partial charge in [-0.15, -0.1) is 9.78 Å². The molecule has 4 N–H and O–H groups in total. The van der Waals surface area contributed by atoms with E-state index in [-0.39, 0.29) is 18.0 Å². The number of nitrogens with zero attached hydrogens (tertiary/aromatic N) is 4. The Kier molecular flexibility index (Phi) is 6.68. The summed E-state index contributed by atoms with van der Waals surface area (Å²) in [6.07, 6.45) is 8.19. The van der Waals surface area contributed by atoms with Crippen LogP contribution in [0.5, 0.6) is 5.75 Å². The maximum absolute atomic E-state index is 12.6. The van der Waals surface area contributed by atoms with Crippen LogP contribution in [0.2, 0.25) is 0 Å². The summed E-state index contributed by atoms with van der Waals surface area (Å²) in [6.45, 7) is 3.98. The summed E-state index contributed by atoms with van der Waals surface area (Å²) in [4.78, 5) is 19.2. The molecule has 1 aromatic carbocycles. The normalized spacial score (nSPS) is 17.7. The molecule has 2 heterocycles. The van der Waals surface area contributed by atoms with Crippen LogP contribution in [0.3, 0.4) is 0 Å². The molecule has 0 radical (unpaired) electrons. The number of aromatic nitrogens is 3. The summed E-state index contributed by atoms with van der Waals surface area (Å²) in [6, 6.07) is 7.46. The predicted molar refractivity (Wildman–Crippen MR) is 116 cm³/mol. The van der Waals surface area contributed by atoms with Crippen molar-refractivity contribution >= 4 is 23.6 Å².